The predicted octanol–water partition coefficient (Wildman–Crippen LogP) is 2.81. The van der Waals surface area contributed by atoms with Gasteiger partial charge in [0.05, 0.1) is 0 Å². The van der Waals surface area contributed by atoms with Crippen molar-refractivity contribution in [3.8, 4) is 0 Å². The van der Waals surface area contributed by atoms with Crippen molar-refractivity contribution in [1.29, 1.82) is 0 Å². The molecule has 1 nitrogen and oxygen atoms in total. The van der Waals surface area contributed by atoms with Gasteiger partial charge in [0.1, 0.15) is 0 Å². The van der Waals surface area contributed by atoms with Crippen molar-refractivity contribution in [1.82, 2.24) is 4.90 Å². The summed E-state index contributed by atoms with van der Waals surface area (Å²) in [5.74, 6) is 0.814. The summed E-state index contributed by atoms with van der Waals surface area (Å²) in [6.45, 7) is 1.29. The first kappa shape index (κ1) is 9.41. The average Bonchev–Trinajstić information content (AvgIpc) is 2.29. The topological polar surface area (TPSA) is 3.24 Å². The number of likely N-dealkylation sites (N-methyl/N-ethyl adjacent to an activating group) is 1. The first-order valence-electron chi connectivity index (χ1n) is 6.14. The molecule has 2 atom stereocenters. The Morgan fingerprint density at radius 1 is 1.20 bits per heavy atom. The van der Waals surface area contributed by atoms with E-state index in [1.165, 1.54) is 32.2 Å². The molecule has 3 rings (SSSR count). The van der Waals surface area contributed by atoms with Crippen molar-refractivity contribution in [3.63, 3.8) is 0 Å². The zero-order valence-electron chi connectivity index (χ0n) is 9.45. The first-order chi connectivity index (χ1) is 7.36. The van der Waals surface area contributed by atoms with E-state index >= 15 is 0 Å². The third kappa shape index (κ3) is 1.50. The molecule has 2 aliphatic rings. The van der Waals surface area contributed by atoms with Crippen LogP contribution in [-0.2, 0) is 6.42 Å². The fraction of sp³-hybridized carbons (Fsp3) is 0.571. The van der Waals surface area contributed by atoms with Gasteiger partial charge in [-0.15, -0.1) is 0 Å². The van der Waals surface area contributed by atoms with Gasteiger partial charge in [-0.1, -0.05) is 24.3 Å². The molecule has 1 aliphatic carbocycles. The highest BCUT2D eigenvalue weighted by Crippen LogP contribution is 2.39. The fourth-order valence-corrected chi connectivity index (χ4v) is 3.44. The maximum Gasteiger partial charge on any atom is 0.0164 e. The second kappa shape index (κ2) is 3.64. The van der Waals surface area contributed by atoms with E-state index in [4.69, 9.17) is 0 Å². The van der Waals surface area contributed by atoms with Crippen LogP contribution in [0, 0.1) is 0 Å². The van der Waals surface area contributed by atoms with E-state index in [1.54, 1.807) is 11.1 Å². The lowest BCUT2D eigenvalue weighted by molar-refractivity contribution is 0.143. The van der Waals surface area contributed by atoms with Crippen LogP contribution in [0.2, 0.25) is 0 Å². The van der Waals surface area contributed by atoms with Gasteiger partial charge < -0.3 is 4.90 Å². The summed E-state index contributed by atoms with van der Waals surface area (Å²) in [6, 6.07) is 9.88. The Balaban J connectivity index is 1.99. The summed E-state index contributed by atoms with van der Waals surface area (Å²) in [7, 11) is 2.30. The lowest BCUT2D eigenvalue weighted by Crippen LogP contribution is -2.43. The summed E-state index contributed by atoms with van der Waals surface area (Å²) in [5.41, 5.74) is 3.24. The van der Waals surface area contributed by atoms with Gasteiger partial charge in [-0.3, -0.25) is 0 Å². The Hall–Kier alpha value is -0.820. The number of piperidine rings is 1. The molecule has 1 heterocycles. The lowest BCUT2D eigenvalue weighted by atomic mass is 9.74. The Morgan fingerprint density at radius 3 is 3.00 bits per heavy atom. The predicted molar refractivity (Wildman–Crippen MR) is 63.2 cm³/mol. The Bertz CT molecular complexity index is 358. The molecule has 1 heteroatoms. The summed E-state index contributed by atoms with van der Waals surface area (Å²) in [4.78, 5) is 2.57. The molecule has 0 spiro atoms. The van der Waals surface area contributed by atoms with Crippen molar-refractivity contribution in [2.24, 2.45) is 0 Å². The van der Waals surface area contributed by atoms with E-state index in [2.05, 4.69) is 36.2 Å². The molecule has 80 valence electrons. The first-order valence-corrected chi connectivity index (χ1v) is 6.14. The van der Waals surface area contributed by atoms with Crippen molar-refractivity contribution in [3.05, 3.63) is 35.4 Å². The Labute approximate surface area is 92.1 Å². The van der Waals surface area contributed by atoms with Crippen LogP contribution in [-0.4, -0.2) is 24.5 Å². The largest absolute Gasteiger partial charge is 0.303 e. The molecule has 1 fully saturated rings. The molecule has 0 N–H and O–H groups in total. The van der Waals surface area contributed by atoms with E-state index in [0.717, 1.165) is 12.0 Å². The summed E-state index contributed by atoms with van der Waals surface area (Å²) in [5, 5.41) is 0. The minimum Gasteiger partial charge on any atom is -0.303 e. The molecule has 0 saturated carbocycles. The van der Waals surface area contributed by atoms with Crippen LogP contribution in [0.25, 0.3) is 0 Å². The molecule has 1 aromatic carbocycles. The van der Waals surface area contributed by atoms with Gasteiger partial charge in [0.2, 0.25) is 0 Å². The van der Waals surface area contributed by atoms with Gasteiger partial charge in [-0.25, -0.2) is 0 Å². The van der Waals surface area contributed by atoms with Crippen molar-refractivity contribution >= 4 is 0 Å². The SMILES string of the molecule is CN1CCC[C@H]2c3ccccc3CC[C@@H]21. The molecule has 0 bridgehead atoms. The summed E-state index contributed by atoms with van der Waals surface area (Å²) >= 11 is 0. The van der Waals surface area contributed by atoms with Gasteiger partial charge in [0.25, 0.3) is 0 Å². The normalized spacial score (nSPS) is 30.7. The maximum absolute atomic E-state index is 2.57. The minimum atomic E-state index is 0.814. The summed E-state index contributed by atoms with van der Waals surface area (Å²) < 4.78 is 0. The van der Waals surface area contributed by atoms with Gasteiger partial charge in [0, 0.05) is 6.04 Å². The Kier molecular flexibility index (Phi) is 2.28. The zero-order chi connectivity index (χ0) is 10.3. The number of hydrogen-bond acceptors (Lipinski definition) is 1. The van der Waals surface area contributed by atoms with Crippen LogP contribution in [0.1, 0.15) is 36.3 Å². The minimum absolute atomic E-state index is 0.814. The molecule has 1 aromatic rings. The fourth-order valence-electron chi connectivity index (χ4n) is 3.44. The van der Waals surface area contributed by atoms with E-state index < -0.39 is 0 Å². The number of benzene rings is 1. The van der Waals surface area contributed by atoms with Gasteiger partial charge in [-0.05, 0) is 56.3 Å². The van der Waals surface area contributed by atoms with Crippen molar-refractivity contribution in [2.45, 2.75) is 37.6 Å². The monoisotopic (exact) mass is 201 g/mol. The Morgan fingerprint density at radius 2 is 2.07 bits per heavy atom. The highest BCUT2D eigenvalue weighted by Gasteiger charge is 2.33. The average molecular weight is 201 g/mol. The van der Waals surface area contributed by atoms with E-state index in [1.807, 2.05) is 0 Å². The number of fused-ring (bicyclic) bond motifs is 3. The van der Waals surface area contributed by atoms with Crippen LogP contribution in [0.5, 0.6) is 0 Å². The zero-order valence-corrected chi connectivity index (χ0v) is 9.45. The quantitative estimate of drug-likeness (QED) is 0.624. The standard InChI is InChI=1S/C14H19N/c1-15-10-4-7-13-12-6-3-2-5-11(12)8-9-14(13)15/h2-3,5-6,13-14H,4,7-10H2,1H3/t13-,14-/m0/s1. The number of aryl methyl sites for hydroxylation is 1. The molecular formula is C14H19N. The number of nitrogens with zero attached hydrogens (tertiary/aromatic N) is 1. The van der Waals surface area contributed by atoms with E-state index in [9.17, 15) is 0 Å². The molecule has 0 aromatic heterocycles. The third-order valence-electron chi connectivity index (χ3n) is 4.22. The van der Waals surface area contributed by atoms with Crippen LogP contribution < -0.4 is 0 Å². The van der Waals surface area contributed by atoms with Crippen LogP contribution in [0.3, 0.4) is 0 Å². The van der Waals surface area contributed by atoms with Gasteiger partial charge in [-0.2, -0.15) is 0 Å². The lowest BCUT2D eigenvalue weighted by Gasteiger charge is -2.43. The van der Waals surface area contributed by atoms with Crippen molar-refractivity contribution < 1.29 is 0 Å². The smallest absolute Gasteiger partial charge is 0.0164 e. The van der Waals surface area contributed by atoms with Gasteiger partial charge in [0.15, 0.2) is 0 Å². The second-order valence-corrected chi connectivity index (χ2v) is 5.03. The second-order valence-electron chi connectivity index (χ2n) is 5.03. The van der Waals surface area contributed by atoms with Gasteiger partial charge >= 0.3 is 0 Å². The number of rotatable bonds is 0. The molecule has 1 aliphatic heterocycles. The highest BCUT2D eigenvalue weighted by atomic mass is 15.1. The highest BCUT2D eigenvalue weighted by molar-refractivity contribution is 5.34. The molecule has 15 heavy (non-hydrogen) atoms. The molecule has 0 amide bonds. The summed E-state index contributed by atoms with van der Waals surface area (Å²) in [6.07, 6.45) is 5.40. The van der Waals surface area contributed by atoms with Crippen LogP contribution >= 0.6 is 0 Å². The number of likely N-dealkylation sites (tertiary alicyclic amines) is 1. The molecule has 1 saturated heterocycles. The molecule has 0 unspecified atom stereocenters. The molecular weight excluding hydrogens is 182 g/mol. The number of hydrogen-bond donors (Lipinski definition) is 0. The van der Waals surface area contributed by atoms with Crippen LogP contribution in [0.15, 0.2) is 24.3 Å². The van der Waals surface area contributed by atoms with E-state index in [-0.39, 0.29) is 0 Å². The maximum atomic E-state index is 2.57. The van der Waals surface area contributed by atoms with E-state index in [0.29, 0.717) is 0 Å². The third-order valence-corrected chi connectivity index (χ3v) is 4.22. The molecule has 0 radical (unpaired) electrons. The van der Waals surface area contributed by atoms with Crippen molar-refractivity contribution in [2.75, 3.05) is 13.6 Å². The van der Waals surface area contributed by atoms with Crippen LogP contribution in [0.4, 0.5) is 0 Å².